The molecule has 2 N–H and O–H groups in total. The lowest BCUT2D eigenvalue weighted by Gasteiger charge is -1.49. The SMILES string of the molecule is BO.c1cc[nH]c1. The lowest BCUT2D eigenvalue weighted by atomic mass is 10.6. The molecule has 1 aromatic rings. The first-order chi connectivity index (χ1) is 3.50. The van der Waals surface area contributed by atoms with Crippen molar-refractivity contribution in [3.8, 4) is 0 Å². The summed E-state index contributed by atoms with van der Waals surface area (Å²) in [5, 5.41) is 7.00. The second-order valence-electron chi connectivity index (χ2n) is 0.885. The van der Waals surface area contributed by atoms with Gasteiger partial charge in [-0.1, -0.05) is 0 Å². The van der Waals surface area contributed by atoms with E-state index < -0.39 is 0 Å². The summed E-state index contributed by atoms with van der Waals surface area (Å²) >= 11 is 0. The molecule has 1 rings (SSSR count). The summed E-state index contributed by atoms with van der Waals surface area (Å²) in [7, 11) is 1.00. The van der Waals surface area contributed by atoms with E-state index in [0.29, 0.717) is 0 Å². The fourth-order valence-corrected chi connectivity index (χ4v) is 0.278. The van der Waals surface area contributed by atoms with Crippen molar-refractivity contribution >= 4 is 8.05 Å². The summed E-state index contributed by atoms with van der Waals surface area (Å²) in [6, 6.07) is 3.89. The molecule has 0 saturated carbocycles. The van der Waals surface area contributed by atoms with Crippen molar-refractivity contribution in [1.29, 1.82) is 0 Å². The van der Waals surface area contributed by atoms with Crippen LogP contribution in [0.2, 0.25) is 0 Å². The minimum atomic E-state index is 1.00. The minimum absolute atomic E-state index is 1.00. The highest BCUT2D eigenvalue weighted by molar-refractivity contribution is 5.95. The van der Waals surface area contributed by atoms with Crippen molar-refractivity contribution in [3.05, 3.63) is 24.5 Å². The number of aromatic nitrogens is 1. The Hall–Kier alpha value is -0.695. The fourth-order valence-electron chi connectivity index (χ4n) is 0.278. The van der Waals surface area contributed by atoms with E-state index in [4.69, 9.17) is 5.02 Å². The zero-order valence-corrected chi connectivity index (χ0v) is 4.26. The van der Waals surface area contributed by atoms with Gasteiger partial charge in [0.05, 0.1) is 0 Å². The highest BCUT2D eigenvalue weighted by Gasteiger charge is 1.55. The molecule has 0 bridgehead atoms. The number of hydrogen-bond acceptors (Lipinski definition) is 1. The highest BCUT2D eigenvalue weighted by Crippen LogP contribution is 1.72. The Balaban J connectivity index is 0.000000162. The number of H-pyrrole nitrogens is 1. The van der Waals surface area contributed by atoms with Gasteiger partial charge in [0.25, 0.3) is 8.05 Å². The average Bonchev–Trinajstić information content (AvgIpc) is 2.23. The molecule has 0 aliphatic rings. The van der Waals surface area contributed by atoms with Crippen LogP contribution in [0.1, 0.15) is 0 Å². The Labute approximate surface area is 43.6 Å². The van der Waals surface area contributed by atoms with Gasteiger partial charge in [0.15, 0.2) is 0 Å². The molecule has 0 spiro atoms. The van der Waals surface area contributed by atoms with E-state index in [2.05, 4.69) is 4.98 Å². The molecule has 0 amide bonds. The van der Waals surface area contributed by atoms with Crippen LogP contribution in [0.5, 0.6) is 0 Å². The van der Waals surface area contributed by atoms with Gasteiger partial charge >= 0.3 is 0 Å². The molecule has 1 aromatic heterocycles. The zero-order valence-electron chi connectivity index (χ0n) is 4.26. The third-order valence-corrected chi connectivity index (χ3v) is 0.496. The van der Waals surface area contributed by atoms with Crippen molar-refractivity contribution in [2.45, 2.75) is 0 Å². The van der Waals surface area contributed by atoms with E-state index >= 15 is 0 Å². The number of nitrogens with one attached hydrogen (secondary N) is 1. The van der Waals surface area contributed by atoms with Crippen molar-refractivity contribution in [3.63, 3.8) is 0 Å². The van der Waals surface area contributed by atoms with Gasteiger partial charge in [0, 0.05) is 12.4 Å². The van der Waals surface area contributed by atoms with Crippen LogP contribution in [0, 0.1) is 0 Å². The predicted molar refractivity (Wildman–Crippen MR) is 31.6 cm³/mol. The topological polar surface area (TPSA) is 36.0 Å². The summed E-state index contributed by atoms with van der Waals surface area (Å²) in [6.45, 7) is 0. The molecule has 0 fully saturated rings. The van der Waals surface area contributed by atoms with Crippen LogP contribution < -0.4 is 0 Å². The molecule has 0 aromatic carbocycles. The summed E-state index contributed by atoms with van der Waals surface area (Å²) in [4.78, 5) is 2.86. The van der Waals surface area contributed by atoms with E-state index in [1.807, 2.05) is 24.5 Å². The smallest absolute Gasteiger partial charge is 0.252 e. The van der Waals surface area contributed by atoms with Gasteiger partial charge in [0.1, 0.15) is 0 Å². The van der Waals surface area contributed by atoms with Crippen LogP contribution in [0.15, 0.2) is 24.5 Å². The molecular weight excluding hydrogens is 88.9 g/mol. The standard InChI is InChI=1S/C4H5N.BH3O/c1-2-4-5-3-1;1-2/h1-5H;2H,1H2. The van der Waals surface area contributed by atoms with Crippen LogP contribution in [0.4, 0.5) is 0 Å². The monoisotopic (exact) mass is 97.1 g/mol. The van der Waals surface area contributed by atoms with Crippen molar-refractivity contribution in [1.82, 2.24) is 4.98 Å². The first kappa shape index (κ1) is 6.30. The van der Waals surface area contributed by atoms with Crippen molar-refractivity contribution in [2.24, 2.45) is 0 Å². The summed E-state index contributed by atoms with van der Waals surface area (Å²) in [5.74, 6) is 0. The van der Waals surface area contributed by atoms with Crippen LogP contribution in [0.25, 0.3) is 0 Å². The molecule has 0 aliphatic carbocycles. The van der Waals surface area contributed by atoms with Crippen LogP contribution >= 0.6 is 0 Å². The number of hydrogen-bond donors (Lipinski definition) is 2. The molecule has 3 heteroatoms. The largest absolute Gasteiger partial charge is 0.458 e. The minimum Gasteiger partial charge on any atom is -0.458 e. The van der Waals surface area contributed by atoms with Gasteiger partial charge in [-0.25, -0.2) is 0 Å². The van der Waals surface area contributed by atoms with Gasteiger partial charge in [-0.15, -0.1) is 0 Å². The van der Waals surface area contributed by atoms with Crippen LogP contribution in [-0.2, 0) is 0 Å². The maximum atomic E-state index is 7.00. The highest BCUT2D eigenvalue weighted by atomic mass is 16.2. The quantitative estimate of drug-likeness (QED) is 0.422. The van der Waals surface area contributed by atoms with E-state index in [0.717, 1.165) is 8.05 Å². The predicted octanol–water partition coefficient (Wildman–Crippen LogP) is -0.459. The number of aromatic amines is 1. The summed E-state index contributed by atoms with van der Waals surface area (Å²) in [5.41, 5.74) is 0. The molecule has 1 heterocycles. The third kappa shape index (κ3) is 3.13. The van der Waals surface area contributed by atoms with Crippen molar-refractivity contribution in [2.75, 3.05) is 0 Å². The molecular formula is C4H8BNO. The molecule has 7 heavy (non-hydrogen) atoms. The molecule has 0 unspecified atom stereocenters. The molecule has 2 nitrogen and oxygen atoms in total. The summed E-state index contributed by atoms with van der Waals surface area (Å²) < 4.78 is 0. The van der Waals surface area contributed by atoms with Gasteiger partial charge < -0.3 is 10.0 Å². The molecule has 0 aliphatic heterocycles. The van der Waals surface area contributed by atoms with E-state index in [1.165, 1.54) is 0 Å². The maximum Gasteiger partial charge on any atom is 0.252 e. The second kappa shape index (κ2) is 5.30. The second-order valence-corrected chi connectivity index (χ2v) is 0.885. The van der Waals surface area contributed by atoms with Crippen LogP contribution in [-0.4, -0.2) is 18.1 Å². The maximum absolute atomic E-state index is 7.00. The molecule has 0 saturated heterocycles. The lowest BCUT2D eigenvalue weighted by Crippen LogP contribution is -1.38. The van der Waals surface area contributed by atoms with E-state index in [9.17, 15) is 0 Å². The molecule has 0 radical (unpaired) electrons. The Bertz CT molecular complexity index is 68.2. The Morgan fingerprint density at radius 3 is 1.71 bits per heavy atom. The Kier molecular flexibility index (Phi) is 4.78. The van der Waals surface area contributed by atoms with Gasteiger partial charge in [-0.05, 0) is 12.1 Å². The number of rotatable bonds is 0. The van der Waals surface area contributed by atoms with Gasteiger partial charge in [0.2, 0.25) is 0 Å². The zero-order chi connectivity index (χ0) is 5.54. The molecule has 0 atom stereocenters. The average molecular weight is 96.9 g/mol. The lowest BCUT2D eigenvalue weighted by molar-refractivity contribution is 0.629. The van der Waals surface area contributed by atoms with E-state index in [-0.39, 0.29) is 0 Å². The fraction of sp³-hybridized carbons (Fsp3) is 0. The van der Waals surface area contributed by atoms with Crippen LogP contribution in [0.3, 0.4) is 0 Å². The van der Waals surface area contributed by atoms with Gasteiger partial charge in [-0.2, -0.15) is 0 Å². The molecule has 38 valence electrons. The first-order valence-corrected chi connectivity index (χ1v) is 2.02. The Morgan fingerprint density at radius 2 is 1.57 bits per heavy atom. The Morgan fingerprint density at radius 1 is 1.14 bits per heavy atom. The summed E-state index contributed by atoms with van der Waals surface area (Å²) in [6.07, 6.45) is 3.75. The van der Waals surface area contributed by atoms with E-state index in [1.54, 1.807) is 0 Å². The van der Waals surface area contributed by atoms with Gasteiger partial charge in [-0.3, -0.25) is 0 Å². The third-order valence-electron chi connectivity index (χ3n) is 0.496. The first-order valence-electron chi connectivity index (χ1n) is 2.02. The normalized spacial score (nSPS) is 6.43. The van der Waals surface area contributed by atoms with Crippen molar-refractivity contribution < 1.29 is 5.02 Å².